The van der Waals surface area contributed by atoms with Crippen molar-refractivity contribution in [2.75, 3.05) is 25.5 Å². The maximum Gasteiger partial charge on any atom is 0.323 e. The Morgan fingerprint density at radius 1 is 1.26 bits per heavy atom. The quantitative estimate of drug-likeness (QED) is 0.913. The summed E-state index contributed by atoms with van der Waals surface area (Å²) >= 11 is 1.62. The zero-order chi connectivity index (χ0) is 16.2. The Hall–Kier alpha value is -1.53. The smallest absolute Gasteiger partial charge is 0.323 e. The summed E-state index contributed by atoms with van der Waals surface area (Å²) in [6.45, 7) is 0.938. The summed E-state index contributed by atoms with van der Waals surface area (Å²) in [6.07, 6.45) is 2.37. The van der Waals surface area contributed by atoms with Crippen LogP contribution in [0.1, 0.15) is 29.2 Å². The molecule has 1 saturated heterocycles. The largest absolute Gasteiger partial charge is 0.480 e. The van der Waals surface area contributed by atoms with Crippen molar-refractivity contribution in [1.82, 2.24) is 4.90 Å². The van der Waals surface area contributed by atoms with Crippen LogP contribution in [0.3, 0.4) is 0 Å². The molecule has 5 nitrogen and oxygen atoms in total. The van der Waals surface area contributed by atoms with Crippen LogP contribution >= 0.6 is 11.8 Å². The molecule has 1 atom stereocenters. The van der Waals surface area contributed by atoms with Gasteiger partial charge in [0.2, 0.25) is 5.91 Å². The van der Waals surface area contributed by atoms with Crippen LogP contribution in [0, 0.1) is 0 Å². The van der Waals surface area contributed by atoms with Crippen molar-refractivity contribution in [3.63, 3.8) is 0 Å². The van der Waals surface area contributed by atoms with Crippen LogP contribution in [0.2, 0.25) is 0 Å². The molecule has 3 rings (SSSR count). The molecule has 0 aliphatic carbocycles. The van der Waals surface area contributed by atoms with E-state index in [-0.39, 0.29) is 23.7 Å². The lowest BCUT2D eigenvalue weighted by molar-refractivity contribution is -0.147. The first-order valence-corrected chi connectivity index (χ1v) is 9.01. The minimum absolute atomic E-state index is 0.0398. The number of hydrogen-bond donors (Lipinski definition) is 1. The lowest BCUT2D eigenvalue weighted by atomic mass is 9.99. The second-order valence-electron chi connectivity index (χ2n) is 5.90. The maximum absolute atomic E-state index is 13.1. The van der Waals surface area contributed by atoms with Crippen LogP contribution in [0.15, 0.2) is 24.3 Å². The number of ether oxygens (including phenoxy) is 1. The second kappa shape index (κ2) is 7.36. The number of benzene rings is 1. The van der Waals surface area contributed by atoms with Gasteiger partial charge in [0, 0.05) is 19.3 Å². The highest BCUT2D eigenvalue weighted by molar-refractivity contribution is 8.00. The maximum atomic E-state index is 13.1. The topological polar surface area (TPSA) is 66.8 Å². The van der Waals surface area contributed by atoms with Crippen LogP contribution < -0.4 is 0 Å². The van der Waals surface area contributed by atoms with Gasteiger partial charge in [-0.15, -0.1) is 11.8 Å². The standard InChI is InChI=1S/C17H21NO4S/c19-15(20)11-18(13-5-8-22-9-6-13)17(21)16-14-4-2-1-3-12(14)7-10-23-16/h1-4,13,16H,5-11H2,(H,19,20)/t16-/m0/s1. The number of thioether (sulfide) groups is 1. The fraction of sp³-hybridized carbons (Fsp3) is 0.529. The third-order valence-corrected chi connectivity index (χ3v) is 5.67. The third kappa shape index (κ3) is 3.70. The Balaban J connectivity index is 1.84. The number of carboxylic acids is 1. The van der Waals surface area contributed by atoms with Gasteiger partial charge in [-0.25, -0.2) is 0 Å². The number of hydrogen-bond acceptors (Lipinski definition) is 4. The van der Waals surface area contributed by atoms with E-state index in [9.17, 15) is 14.7 Å². The number of carbonyl (C=O) groups is 2. The lowest BCUT2D eigenvalue weighted by Crippen LogP contribution is -2.47. The molecule has 0 spiro atoms. The first-order valence-electron chi connectivity index (χ1n) is 7.96. The molecule has 2 aliphatic heterocycles. The van der Waals surface area contributed by atoms with E-state index >= 15 is 0 Å². The van der Waals surface area contributed by atoms with Crippen molar-refractivity contribution in [2.24, 2.45) is 0 Å². The molecule has 1 N–H and O–H groups in total. The molecule has 124 valence electrons. The highest BCUT2D eigenvalue weighted by Gasteiger charge is 2.35. The van der Waals surface area contributed by atoms with E-state index in [1.54, 1.807) is 16.7 Å². The molecule has 1 aromatic carbocycles. The molecule has 1 fully saturated rings. The summed E-state index contributed by atoms with van der Waals surface area (Å²) < 4.78 is 5.35. The van der Waals surface area contributed by atoms with Gasteiger partial charge in [-0.3, -0.25) is 9.59 Å². The number of aryl methyl sites for hydroxylation is 1. The number of fused-ring (bicyclic) bond motifs is 1. The number of amides is 1. The van der Waals surface area contributed by atoms with Crippen LogP contribution in [-0.4, -0.2) is 53.4 Å². The lowest BCUT2D eigenvalue weighted by Gasteiger charge is -2.36. The zero-order valence-corrected chi connectivity index (χ0v) is 13.8. The van der Waals surface area contributed by atoms with Crippen LogP contribution in [0.5, 0.6) is 0 Å². The van der Waals surface area contributed by atoms with Crippen molar-refractivity contribution >= 4 is 23.6 Å². The summed E-state index contributed by atoms with van der Waals surface area (Å²) in [6, 6.07) is 7.95. The number of aliphatic carboxylic acids is 1. The normalized spacial score (nSPS) is 21.5. The van der Waals surface area contributed by atoms with Gasteiger partial charge in [0.05, 0.1) is 0 Å². The summed E-state index contributed by atoms with van der Waals surface area (Å²) in [5.74, 6) is -0.141. The predicted molar refractivity (Wildman–Crippen MR) is 88.5 cm³/mol. The fourth-order valence-electron chi connectivity index (χ4n) is 3.28. The molecule has 0 unspecified atom stereocenters. The Bertz CT molecular complexity index is 586. The molecule has 0 aromatic heterocycles. The average molecular weight is 335 g/mol. The van der Waals surface area contributed by atoms with E-state index in [0.29, 0.717) is 26.1 Å². The van der Waals surface area contributed by atoms with Crippen LogP contribution in [0.25, 0.3) is 0 Å². The first kappa shape index (κ1) is 16.3. The van der Waals surface area contributed by atoms with Gasteiger partial charge >= 0.3 is 5.97 Å². The van der Waals surface area contributed by atoms with E-state index in [0.717, 1.165) is 17.7 Å². The number of carbonyl (C=O) groups excluding carboxylic acids is 1. The monoisotopic (exact) mass is 335 g/mol. The summed E-state index contributed by atoms with van der Waals surface area (Å²) in [4.78, 5) is 25.9. The SMILES string of the molecule is O=C(O)CN(C(=O)[C@H]1SCCc2ccccc21)C1CCOCC1. The van der Waals surface area contributed by atoms with E-state index < -0.39 is 5.97 Å². The van der Waals surface area contributed by atoms with Crippen molar-refractivity contribution in [3.05, 3.63) is 35.4 Å². The van der Waals surface area contributed by atoms with E-state index in [1.165, 1.54) is 5.56 Å². The summed E-state index contributed by atoms with van der Waals surface area (Å²) in [5, 5.41) is 8.94. The Labute approximate surface area is 140 Å². The highest BCUT2D eigenvalue weighted by Crippen LogP contribution is 2.38. The molecule has 2 aliphatic rings. The van der Waals surface area contributed by atoms with Gasteiger partial charge in [0.1, 0.15) is 11.8 Å². The highest BCUT2D eigenvalue weighted by atomic mass is 32.2. The fourth-order valence-corrected chi connectivity index (χ4v) is 4.54. The van der Waals surface area contributed by atoms with Gasteiger partial charge in [0.15, 0.2) is 0 Å². The van der Waals surface area contributed by atoms with Gasteiger partial charge in [-0.05, 0) is 36.1 Å². The minimum atomic E-state index is -0.959. The van der Waals surface area contributed by atoms with Gasteiger partial charge in [-0.2, -0.15) is 0 Å². The molecule has 1 aromatic rings. The second-order valence-corrected chi connectivity index (χ2v) is 7.12. The molecular formula is C17H21NO4S. The van der Waals surface area contributed by atoms with Crippen molar-refractivity contribution in [1.29, 1.82) is 0 Å². The van der Waals surface area contributed by atoms with Gasteiger partial charge in [0.25, 0.3) is 0 Å². The van der Waals surface area contributed by atoms with E-state index in [2.05, 4.69) is 6.07 Å². The summed E-state index contributed by atoms with van der Waals surface area (Å²) in [5.41, 5.74) is 2.24. The predicted octanol–water partition coefficient (Wildman–Crippen LogP) is 2.11. The molecule has 1 amide bonds. The van der Waals surface area contributed by atoms with Crippen molar-refractivity contribution < 1.29 is 19.4 Å². The van der Waals surface area contributed by atoms with Gasteiger partial charge in [-0.1, -0.05) is 24.3 Å². The zero-order valence-electron chi connectivity index (χ0n) is 12.9. The van der Waals surface area contributed by atoms with Crippen LogP contribution in [0.4, 0.5) is 0 Å². The Morgan fingerprint density at radius 2 is 2.00 bits per heavy atom. The van der Waals surface area contributed by atoms with Gasteiger partial charge < -0.3 is 14.7 Å². The molecule has 23 heavy (non-hydrogen) atoms. The molecule has 6 heteroatoms. The van der Waals surface area contributed by atoms with Crippen LogP contribution in [-0.2, 0) is 20.7 Å². The average Bonchev–Trinajstić information content (AvgIpc) is 2.59. The van der Waals surface area contributed by atoms with E-state index in [1.807, 2.05) is 18.2 Å². The van der Waals surface area contributed by atoms with Crippen molar-refractivity contribution in [2.45, 2.75) is 30.6 Å². The molecular weight excluding hydrogens is 314 g/mol. The number of nitrogens with zero attached hydrogens (tertiary/aromatic N) is 1. The number of rotatable bonds is 4. The molecule has 0 bridgehead atoms. The van der Waals surface area contributed by atoms with E-state index in [4.69, 9.17) is 4.74 Å². The first-order chi connectivity index (χ1) is 11.2. The minimum Gasteiger partial charge on any atom is -0.480 e. The Kier molecular flexibility index (Phi) is 5.23. The number of carboxylic acid groups (broad SMARTS) is 1. The summed E-state index contributed by atoms with van der Waals surface area (Å²) in [7, 11) is 0. The molecule has 0 saturated carbocycles. The molecule has 0 radical (unpaired) electrons. The third-order valence-electron chi connectivity index (χ3n) is 4.44. The molecule has 2 heterocycles. The van der Waals surface area contributed by atoms with Crippen molar-refractivity contribution in [3.8, 4) is 0 Å². The Morgan fingerprint density at radius 3 is 2.74 bits per heavy atom.